The van der Waals surface area contributed by atoms with Crippen LogP contribution in [-0.2, 0) is 11.8 Å². The van der Waals surface area contributed by atoms with Crippen molar-refractivity contribution in [1.29, 1.82) is 0 Å². The first-order chi connectivity index (χ1) is 12.1. The molecule has 0 bridgehead atoms. The van der Waals surface area contributed by atoms with Gasteiger partial charge >= 0.3 is 0 Å². The molecule has 0 unspecified atom stereocenters. The number of benzene rings is 2. The molecule has 0 spiro atoms. The van der Waals surface area contributed by atoms with Crippen LogP contribution < -0.4 is 0 Å². The van der Waals surface area contributed by atoms with Gasteiger partial charge in [0.25, 0.3) is 0 Å². The van der Waals surface area contributed by atoms with Gasteiger partial charge in [-0.05, 0) is 37.3 Å². The third kappa shape index (κ3) is 6.53. The third-order valence-electron chi connectivity index (χ3n) is 5.19. The van der Waals surface area contributed by atoms with E-state index in [1.807, 2.05) is 0 Å². The predicted molar refractivity (Wildman–Crippen MR) is 111 cm³/mol. The second kappa shape index (κ2) is 10.2. The Balaban J connectivity index is 2.02. The minimum atomic E-state index is 0.151. The van der Waals surface area contributed by atoms with E-state index in [1.165, 1.54) is 48.8 Å². The van der Waals surface area contributed by atoms with E-state index >= 15 is 0 Å². The number of rotatable bonds is 10. The van der Waals surface area contributed by atoms with Gasteiger partial charge in [-0.1, -0.05) is 112 Å². The second-order valence-corrected chi connectivity index (χ2v) is 7.52. The Morgan fingerprint density at radius 3 is 2.28 bits per heavy atom. The van der Waals surface area contributed by atoms with E-state index in [2.05, 4.69) is 87.5 Å². The van der Waals surface area contributed by atoms with Gasteiger partial charge in [-0.25, -0.2) is 0 Å². The van der Waals surface area contributed by atoms with Gasteiger partial charge in [0.15, 0.2) is 0 Å². The number of hydrogen-bond donors (Lipinski definition) is 0. The van der Waals surface area contributed by atoms with E-state index in [4.69, 9.17) is 0 Å². The first-order valence-corrected chi connectivity index (χ1v) is 9.93. The van der Waals surface area contributed by atoms with Crippen LogP contribution in [0.25, 0.3) is 0 Å². The number of hydrogen-bond acceptors (Lipinski definition) is 0. The first kappa shape index (κ1) is 19.5. The van der Waals surface area contributed by atoms with E-state index in [9.17, 15) is 0 Å². The summed E-state index contributed by atoms with van der Waals surface area (Å²) in [6.45, 7) is 6.85. The number of unbranched alkanes of at least 4 members (excludes halogenated alkanes) is 3. The molecule has 0 heterocycles. The summed E-state index contributed by atoms with van der Waals surface area (Å²) >= 11 is 0. The van der Waals surface area contributed by atoms with Gasteiger partial charge in [0.05, 0.1) is 0 Å². The summed E-state index contributed by atoms with van der Waals surface area (Å²) in [5.41, 5.74) is 4.36. The van der Waals surface area contributed by atoms with Gasteiger partial charge < -0.3 is 0 Å². The van der Waals surface area contributed by atoms with Gasteiger partial charge in [0.1, 0.15) is 0 Å². The number of aryl methyl sites for hydroxylation is 2. The Morgan fingerprint density at radius 2 is 1.60 bits per heavy atom. The van der Waals surface area contributed by atoms with Crippen LogP contribution in [0.15, 0.2) is 66.7 Å². The van der Waals surface area contributed by atoms with Gasteiger partial charge in [-0.2, -0.15) is 0 Å². The molecule has 0 aliphatic heterocycles. The van der Waals surface area contributed by atoms with Crippen molar-refractivity contribution in [3.63, 3.8) is 0 Å². The Morgan fingerprint density at radius 1 is 0.880 bits per heavy atom. The largest absolute Gasteiger partial charge is 0.0873 e. The smallest absolute Gasteiger partial charge is 0.0104 e. The first-order valence-electron chi connectivity index (χ1n) is 9.93. The highest BCUT2D eigenvalue weighted by atomic mass is 14.3. The van der Waals surface area contributed by atoms with E-state index < -0.39 is 0 Å². The lowest BCUT2D eigenvalue weighted by molar-refractivity contribution is 0.491. The quantitative estimate of drug-likeness (QED) is 0.313. The second-order valence-electron chi connectivity index (χ2n) is 7.52. The van der Waals surface area contributed by atoms with Crippen molar-refractivity contribution in [1.82, 2.24) is 0 Å². The molecule has 0 fully saturated rings. The summed E-state index contributed by atoms with van der Waals surface area (Å²) in [5.74, 6) is 0. The molecule has 0 N–H and O–H groups in total. The lowest BCUT2D eigenvalue weighted by Crippen LogP contribution is -2.19. The molecule has 0 amide bonds. The summed E-state index contributed by atoms with van der Waals surface area (Å²) < 4.78 is 0. The molecule has 0 heteroatoms. The van der Waals surface area contributed by atoms with Crippen LogP contribution in [0.5, 0.6) is 0 Å². The van der Waals surface area contributed by atoms with Crippen molar-refractivity contribution in [2.45, 2.75) is 71.1 Å². The fraction of sp³-hybridized carbons (Fsp3) is 0.440. The van der Waals surface area contributed by atoms with Gasteiger partial charge in [0.2, 0.25) is 0 Å². The zero-order chi connectivity index (χ0) is 18.0. The van der Waals surface area contributed by atoms with Crippen molar-refractivity contribution >= 4 is 0 Å². The zero-order valence-electron chi connectivity index (χ0n) is 16.3. The average molecular weight is 335 g/mol. The van der Waals surface area contributed by atoms with Crippen molar-refractivity contribution in [2.24, 2.45) is 0 Å². The lowest BCUT2D eigenvalue weighted by Gasteiger charge is -2.27. The molecule has 0 aromatic heterocycles. The van der Waals surface area contributed by atoms with Gasteiger partial charge in [-0.15, -0.1) is 0 Å². The van der Waals surface area contributed by atoms with Crippen LogP contribution >= 0.6 is 0 Å². The monoisotopic (exact) mass is 334 g/mol. The summed E-state index contributed by atoms with van der Waals surface area (Å²) in [7, 11) is 0. The molecular weight excluding hydrogens is 300 g/mol. The number of allylic oxidation sites excluding steroid dienone is 2. The molecule has 0 aliphatic rings. The van der Waals surface area contributed by atoms with Crippen LogP contribution in [0.3, 0.4) is 0 Å². The SMILES string of the molecule is CCCCCC[C@](C)(/C=C/CCc1ccccc1)c1ccc(C)cc1. The normalized spacial score (nSPS) is 13.9. The molecule has 0 saturated carbocycles. The molecule has 2 aromatic carbocycles. The van der Waals surface area contributed by atoms with Crippen molar-refractivity contribution in [2.75, 3.05) is 0 Å². The van der Waals surface area contributed by atoms with Crippen molar-refractivity contribution in [3.8, 4) is 0 Å². The molecule has 0 nitrogen and oxygen atoms in total. The molecular formula is C25H34. The molecule has 0 aliphatic carbocycles. The Bertz CT molecular complexity index is 621. The maximum Gasteiger partial charge on any atom is 0.0104 e. The van der Waals surface area contributed by atoms with E-state index in [1.54, 1.807) is 0 Å². The summed E-state index contributed by atoms with van der Waals surface area (Å²) in [5, 5.41) is 0. The standard InChI is InChI=1S/C25H34/c1-4-5-6-11-20-25(3,24-18-16-22(2)17-19-24)21-12-10-15-23-13-8-7-9-14-23/h7-9,12-14,16-19,21H,4-6,10-11,15,20H2,1-3H3/b21-12+/t25-/m1/s1. The minimum absolute atomic E-state index is 0.151. The maximum absolute atomic E-state index is 2.46. The van der Waals surface area contributed by atoms with E-state index in [0.717, 1.165) is 12.8 Å². The highest BCUT2D eigenvalue weighted by molar-refractivity contribution is 5.32. The topological polar surface area (TPSA) is 0 Å². The molecule has 0 radical (unpaired) electrons. The minimum Gasteiger partial charge on any atom is -0.0873 e. The Hall–Kier alpha value is -1.82. The maximum atomic E-state index is 2.46. The highest BCUT2D eigenvalue weighted by Crippen LogP contribution is 2.32. The Kier molecular flexibility index (Phi) is 7.98. The lowest BCUT2D eigenvalue weighted by atomic mass is 9.77. The molecule has 0 saturated heterocycles. The highest BCUT2D eigenvalue weighted by Gasteiger charge is 2.22. The van der Waals surface area contributed by atoms with E-state index in [0.29, 0.717) is 0 Å². The third-order valence-corrected chi connectivity index (χ3v) is 5.19. The fourth-order valence-electron chi connectivity index (χ4n) is 3.42. The van der Waals surface area contributed by atoms with Crippen molar-refractivity contribution < 1.29 is 0 Å². The molecule has 25 heavy (non-hydrogen) atoms. The molecule has 2 aromatic rings. The summed E-state index contributed by atoms with van der Waals surface area (Å²) in [6, 6.07) is 19.9. The van der Waals surface area contributed by atoms with Gasteiger partial charge in [-0.3, -0.25) is 0 Å². The summed E-state index contributed by atoms with van der Waals surface area (Å²) in [4.78, 5) is 0. The van der Waals surface area contributed by atoms with Crippen LogP contribution in [0, 0.1) is 6.92 Å². The molecule has 2 rings (SSSR count). The Labute approximate surface area is 155 Å². The van der Waals surface area contributed by atoms with Crippen molar-refractivity contribution in [3.05, 3.63) is 83.4 Å². The average Bonchev–Trinajstić information content (AvgIpc) is 2.64. The van der Waals surface area contributed by atoms with Gasteiger partial charge in [0, 0.05) is 5.41 Å². The zero-order valence-corrected chi connectivity index (χ0v) is 16.3. The van der Waals surface area contributed by atoms with Crippen LogP contribution in [0.1, 0.15) is 69.1 Å². The predicted octanol–water partition coefficient (Wildman–Crippen LogP) is 7.41. The molecule has 1 atom stereocenters. The van der Waals surface area contributed by atoms with Crippen LogP contribution in [0.2, 0.25) is 0 Å². The van der Waals surface area contributed by atoms with Crippen LogP contribution in [-0.4, -0.2) is 0 Å². The van der Waals surface area contributed by atoms with E-state index in [-0.39, 0.29) is 5.41 Å². The van der Waals surface area contributed by atoms with Crippen LogP contribution in [0.4, 0.5) is 0 Å². The fourth-order valence-corrected chi connectivity index (χ4v) is 3.42. The summed E-state index contributed by atoms with van der Waals surface area (Å²) in [6.07, 6.45) is 13.6. The molecule has 134 valence electrons.